The van der Waals surface area contributed by atoms with Crippen LogP contribution >= 0.6 is 11.3 Å². The van der Waals surface area contributed by atoms with E-state index in [4.69, 9.17) is 9.47 Å². The summed E-state index contributed by atoms with van der Waals surface area (Å²) in [6.45, 7) is 4.41. The standard InChI is InChI=1S/C16H22N2O4S/c1-10-9-22-7-6-18(10)8-13(19)17-15-14(16(20)21-2)11-4-3-5-12(11)23-15/h10H,3-9H2,1-2H3,(H,17,19)/t10-/m1/s1. The topological polar surface area (TPSA) is 67.9 Å². The first-order chi connectivity index (χ1) is 11.1. The highest BCUT2D eigenvalue weighted by molar-refractivity contribution is 7.17. The van der Waals surface area contributed by atoms with Crippen molar-refractivity contribution in [2.75, 3.05) is 38.7 Å². The van der Waals surface area contributed by atoms with Crippen LogP contribution in [0.3, 0.4) is 0 Å². The minimum Gasteiger partial charge on any atom is -0.465 e. The van der Waals surface area contributed by atoms with Gasteiger partial charge in [-0.2, -0.15) is 0 Å². The summed E-state index contributed by atoms with van der Waals surface area (Å²) in [5.74, 6) is -0.455. The lowest BCUT2D eigenvalue weighted by Crippen LogP contribution is -2.47. The maximum atomic E-state index is 12.4. The molecule has 1 N–H and O–H groups in total. The van der Waals surface area contributed by atoms with E-state index < -0.39 is 0 Å². The van der Waals surface area contributed by atoms with Crippen LogP contribution < -0.4 is 5.32 Å². The Labute approximate surface area is 139 Å². The number of morpholine rings is 1. The Morgan fingerprint density at radius 3 is 3.00 bits per heavy atom. The van der Waals surface area contributed by atoms with E-state index in [0.717, 1.165) is 31.4 Å². The summed E-state index contributed by atoms with van der Waals surface area (Å²) in [6, 6.07) is 0.225. The van der Waals surface area contributed by atoms with Crippen LogP contribution in [0.15, 0.2) is 0 Å². The van der Waals surface area contributed by atoms with Gasteiger partial charge in [0.2, 0.25) is 5.91 Å². The Bertz CT molecular complexity index is 613. The molecule has 0 saturated carbocycles. The SMILES string of the molecule is COC(=O)c1c(NC(=O)CN2CCOC[C@H]2C)sc2c1CCC2. The molecule has 0 bridgehead atoms. The zero-order valence-electron chi connectivity index (χ0n) is 13.5. The molecule has 1 aliphatic heterocycles. The molecule has 126 valence electrons. The zero-order chi connectivity index (χ0) is 16.4. The van der Waals surface area contributed by atoms with Gasteiger partial charge in [0.25, 0.3) is 0 Å². The van der Waals surface area contributed by atoms with Crippen molar-refractivity contribution < 1.29 is 19.1 Å². The second-order valence-corrected chi connectivity index (χ2v) is 7.10. The number of thiophene rings is 1. The number of carbonyl (C=O) groups is 2. The van der Waals surface area contributed by atoms with Crippen LogP contribution in [0.2, 0.25) is 0 Å². The maximum Gasteiger partial charge on any atom is 0.341 e. The molecule has 1 aromatic heterocycles. The third kappa shape index (κ3) is 3.41. The van der Waals surface area contributed by atoms with Crippen LogP contribution in [0.5, 0.6) is 0 Å². The van der Waals surface area contributed by atoms with Crippen molar-refractivity contribution in [3.05, 3.63) is 16.0 Å². The molecule has 0 aromatic carbocycles. The van der Waals surface area contributed by atoms with Gasteiger partial charge in [0.15, 0.2) is 0 Å². The smallest absolute Gasteiger partial charge is 0.341 e. The number of fused-ring (bicyclic) bond motifs is 1. The fourth-order valence-corrected chi connectivity index (χ4v) is 4.45. The van der Waals surface area contributed by atoms with Crippen molar-refractivity contribution in [3.8, 4) is 0 Å². The van der Waals surface area contributed by atoms with Crippen molar-refractivity contribution in [3.63, 3.8) is 0 Å². The average molecular weight is 338 g/mol. The van der Waals surface area contributed by atoms with Crippen molar-refractivity contribution in [2.45, 2.75) is 32.2 Å². The number of esters is 1. The molecule has 2 heterocycles. The molecule has 1 saturated heterocycles. The lowest BCUT2D eigenvalue weighted by Gasteiger charge is -2.32. The molecular weight excluding hydrogens is 316 g/mol. The summed E-state index contributed by atoms with van der Waals surface area (Å²) in [4.78, 5) is 27.8. The fraction of sp³-hybridized carbons (Fsp3) is 0.625. The molecule has 0 spiro atoms. The molecule has 2 aliphatic rings. The number of methoxy groups -OCH3 is 1. The second kappa shape index (κ2) is 6.98. The van der Waals surface area contributed by atoms with Crippen molar-refractivity contribution >= 4 is 28.2 Å². The molecule has 7 heteroatoms. The predicted octanol–water partition coefficient (Wildman–Crippen LogP) is 1.68. The largest absolute Gasteiger partial charge is 0.465 e. The minimum absolute atomic E-state index is 0.0937. The van der Waals surface area contributed by atoms with Gasteiger partial charge < -0.3 is 14.8 Å². The summed E-state index contributed by atoms with van der Waals surface area (Å²) in [5, 5.41) is 3.55. The summed E-state index contributed by atoms with van der Waals surface area (Å²) < 4.78 is 10.3. The maximum absolute atomic E-state index is 12.4. The van der Waals surface area contributed by atoms with Gasteiger partial charge in [0.1, 0.15) is 5.00 Å². The van der Waals surface area contributed by atoms with Crippen LogP contribution in [-0.4, -0.2) is 56.2 Å². The lowest BCUT2D eigenvalue weighted by molar-refractivity contribution is -0.119. The Kier molecular flexibility index (Phi) is 4.99. The highest BCUT2D eigenvalue weighted by Gasteiger charge is 2.28. The summed E-state index contributed by atoms with van der Waals surface area (Å²) in [5.41, 5.74) is 1.60. The van der Waals surface area contributed by atoms with E-state index in [-0.39, 0.29) is 17.9 Å². The number of carbonyl (C=O) groups excluding carboxylic acids is 2. The number of ether oxygens (including phenoxy) is 2. The minimum atomic E-state index is -0.362. The summed E-state index contributed by atoms with van der Waals surface area (Å²) in [6.07, 6.45) is 2.91. The Hall–Kier alpha value is -1.44. The van der Waals surface area contributed by atoms with E-state index in [1.165, 1.54) is 23.3 Å². The summed E-state index contributed by atoms with van der Waals surface area (Å²) >= 11 is 1.51. The average Bonchev–Trinajstić information content (AvgIpc) is 3.09. The first-order valence-electron chi connectivity index (χ1n) is 7.94. The van der Waals surface area contributed by atoms with Crippen LogP contribution in [0.4, 0.5) is 5.00 Å². The van der Waals surface area contributed by atoms with Gasteiger partial charge in [0.05, 0.1) is 32.4 Å². The molecular formula is C16H22N2O4S. The number of anilines is 1. The fourth-order valence-electron chi connectivity index (χ4n) is 3.16. The lowest BCUT2D eigenvalue weighted by atomic mass is 10.1. The van der Waals surface area contributed by atoms with E-state index in [1.54, 1.807) is 0 Å². The molecule has 1 aromatic rings. The Morgan fingerprint density at radius 1 is 1.43 bits per heavy atom. The van der Waals surface area contributed by atoms with Gasteiger partial charge in [-0.3, -0.25) is 9.69 Å². The van der Waals surface area contributed by atoms with E-state index in [9.17, 15) is 9.59 Å². The quantitative estimate of drug-likeness (QED) is 0.846. The first-order valence-corrected chi connectivity index (χ1v) is 8.76. The van der Waals surface area contributed by atoms with Gasteiger partial charge in [0, 0.05) is 17.5 Å². The number of hydrogen-bond donors (Lipinski definition) is 1. The number of rotatable bonds is 4. The molecule has 23 heavy (non-hydrogen) atoms. The van der Waals surface area contributed by atoms with Gasteiger partial charge in [-0.05, 0) is 31.7 Å². The number of aryl methyl sites for hydroxylation is 1. The third-order valence-corrected chi connectivity index (χ3v) is 5.62. The number of nitrogens with one attached hydrogen (secondary N) is 1. The number of nitrogens with zero attached hydrogens (tertiary/aromatic N) is 1. The molecule has 3 rings (SSSR count). The van der Waals surface area contributed by atoms with Crippen LogP contribution in [0, 0.1) is 0 Å². The molecule has 1 amide bonds. The van der Waals surface area contributed by atoms with Gasteiger partial charge >= 0.3 is 5.97 Å². The van der Waals surface area contributed by atoms with Gasteiger partial charge in [-0.25, -0.2) is 4.79 Å². The first kappa shape index (κ1) is 16.4. The second-order valence-electron chi connectivity index (χ2n) is 6.00. The van der Waals surface area contributed by atoms with E-state index in [0.29, 0.717) is 30.3 Å². The van der Waals surface area contributed by atoms with Gasteiger partial charge in [-0.1, -0.05) is 0 Å². The molecule has 1 fully saturated rings. The van der Waals surface area contributed by atoms with Crippen molar-refractivity contribution in [2.24, 2.45) is 0 Å². The molecule has 6 nitrogen and oxygen atoms in total. The zero-order valence-corrected chi connectivity index (χ0v) is 14.3. The summed E-state index contributed by atoms with van der Waals surface area (Å²) in [7, 11) is 1.38. The van der Waals surface area contributed by atoms with Crippen molar-refractivity contribution in [1.82, 2.24) is 4.90 Å². The predicted molar refractivity (Wildman–Crippen MR) is 88.2 cm³/mol. The Balaban J connectivity index is 1.72. The van der Waals surface area contributed by atoms with Gasteiger partial charge in [-0.15, -0.1) is 11.3 Å². The number of hydrogen-bond acceptors (Lipinski definition) is 6. The molecule has 1 aliphatic carbocycles. The van der Waals surface area contributed by atoms with E-state index in [2.05, 4.69) is 10.2 Å². The molecule has 0 radical (unpaired) electrons. The monoisotopic (exact) mass is 338 g/mol. The molecule has 0 unspecified atom stereocenters. The van der Waals surface area contributed by atoms with Crippen LogP contribution in [0.25, 0.3) is 0 Å². The third-order valence-electron chi connectivity index (χ3n) is 4.42. The van der Waals surface area contributed by atoms with E-state index in [1.807, 2.05) is 6.92 Å². The molecule has 1 atom stereocenters. The van der Waals surface area contributed by atoms with Crippen molar-refractivity contribution in [1.29, 1.82) is 0 Å². The van der Waals surface area contributed by atoms with E-state index >= 15 is 0 Å². The highest BCUT2D eigenvalue weighted by atomic mass is 32.1. The normalized spacial score (nSPS) is 21.0. The highest BCUT2D eigenvalue weighted by Crippen LogP contribution is 2.39. The Morgan fingerprint density at radius 2 is 2.26 bits per heavy atom. The number of amides is 1. The van der Waals surface area contributed by atoms with Crippen LogP contribution in [0.1, 0.15) is 34.1 Å². The van der Waals surface area contributed by atoms with Crippen LogP contribution in [-0.2, 0) is 27.1 Å².